The Bertz CT molecular complexity index is 4250. The Hall–Kier alpha value is -8.68. The fourth-order valence-electron chi connectivity index (χ4n) is 11.3. The molecule has 0 bridgehead atoms. The van der Waals surface area contributed by atoms with Crippen LogP contribution in [-0.4, -0.2) is 80.5 Å². The van der Waals surface area contributed by atoms with E-state index < -0.39 is 147 Å². The molecule has 0 aromatic heterocycles. The summed E-state index contributed by atoms with van der Waals surface area (Å²) in [4.78, 5) is 55.0. The lowest BCUT2D eigenvalue weighted by atomic mass is 9.84. The van der Waals surface area contributed by atoms with E-state index in [9.17, 15) is 79.9 Å². The molecule has 0 heterocycles. The van der Waals surface area contributed by atoms with Gasteiger partial charge in [0.15, 0.2) is 56.3 Å². The summed E-state index contributed by atoms with van der Waals surface area (Å²) in [7, 11) is -9.66. The summed E-state index contributed by atoms with van der Waals surface area (Å²) in [6.07, 6.45) is 10.8. The van der Waals surface area contributed by atoms with Gasteiger partial charge in [0.25, 0.3) is 11.8 Å². The van der Waals surface area contributed by atoms with Crippen LogP contribution in [0.15, 0.2) is 125 Å². The van der Waals surface area contributed by atoms with Crippen molar-refractivity contribution < 1.29 is 98.7 Å². The maximum Gasteiger partial charge on any atom is 0.274 e. The molecule has 0 aliphatic heterocycles. The lowest BCUT2D eigenvalue weighted by Crippen LogP contribution is -2.48. The minimum Gasteiger partial charge on any atom is -0.304 e. The Labute approximate surface area is 550 Å². The van der Waals surface area contributed by atoms with Gasteiger partial charge in [0.1, 0.15) is 23.7 Å². The predicted molar refractivity (Wildman–Crippen MR) is 329 cm³/mol. The SMILES string of the molecule is C[C@H](C(=O)N(Cc1ccc(C2CCCCC2)cc1)c1ccc(C(=O)NO)cc1F)N(C)S(=O)(=O)c1c(F)c(F)c(F)c(F)c1F.C[C@H](C(=O)N(Cc1ccc(C2CCCCC2)cc1)c1ccc(C(=O)NOCc2ccccc2)cc1F)N(C)S(=O)(=O)c1c(F)c(F)c(F)c(F)c1F. The Morgan fingerprint density at radius 2 is 0.804 bits per heavy atom. The van der Waals surface area contributed by atoms with Crippen LogP contribution in [0.1, 0.15) is 138 Å². The van der Waals surface area contributed by atoms with E-state index in [1.165, 1.54) is 11.5 Å². The Morgan fingerprint density at radius 3 is 1.14 bits per heavy atom. The van der Waals surface area contributed by atoms with Gasteiger partial charge in [-0.1, -0.05) is 117 Å². The van der Waals surface area contributed by atoms with E-state index in [0.29, 0.717) is 43.1 Å². The standard InChI is InChI=1S/C37H35F6N3O5S.C30H29F6N3O5S/c1-22(45(2)52(49,50)35-33(42)31(40)30(39)32(41)34(35)43)37(48)46(20-23-13-15-26(16-14-23)25-11-7-4-8-12-25)29-18-17-27(19-28(29)38)36(47)44-51-21-24-9-5-3-6-10-24;1-16(38(2)45(43,44)28-26(35)24(33)23(32)25(34)27(28)36)30(41)39(22-13-12-20(14-21(22)31)29(40)37-42)15-17-8-10-19(11-9-17)18-6-4-3-5-7-18/h3,5-6,9-10,13-19,22,25H,4,7-8,11-12,20-21H2,1-2H3,(H,44,47);8-14,16,18,42H,3-7,15H2,1-2H3,(H,37,40)/t22-;16-/m11/s1. The molecule has 7 aromatic carbocycles. The summed E-state index contributed by atoms with van der Waals surface area (Å²) >= 11 is 0. The van der Waals surface area contributed by atoms with Crippen LogP contribution >= 0.6 is 0 Å². The molecular formula is C67H64F12N6O10S2. The molecule has 0 spiro atoms. The van der Waals surface area contributed by atoms with Gasteiger partial charge < -0.3 is 9.80 Å². The largest absolute Gasteiger partial charge is 0.304 e. The molecule has 0 unspecified atom stereocenters. The van der Waals surface area contributed by atoms with Gasteiger partial charge in [-0.2, -0.15) is 8.61 Å². The number of anilines is 2. The van der Waals surface area contributed by atoms with Crippen molar-refractivity contribution in [2.24, 2.45) is 0 Å². The number of nitrogens with zero attached hydrogens (tertiary/aromatic N) is 4. The second-order valence-corrected chi connectivity index (χ2v) is 27.0. The number of carbonyl (C=O) groups excluding carboxylic acids is 4. The third-order valence-corrected chi connectivity index (χ3v) is 21.0. The second kappa shape index (κ2) is 31.7. The average Bonchev–Trinajstić information content (AvgIpc) is 0.761. The summed E-state index contributed by atoms with van der Waals surface area (Å²) in [5.41, 5.74) is 6.12. The highest BCUT2D eigenvalue weighted by atomic mass is 32.2. The number of hydrogen-bond acceptors (Lipinski definition) is 10. The van der Waals surface area contributed by atoms with E-state index in [4.69, 9.17) is 10.0 Å². The van der Waals surface area contributed by atoms with Gasteiger partial charge in [0, 0.05) is 25.2 Å². The van der Waals surface area contributed by atoms with Crippen molar-refractivity contribution in [1.29, 1.82) is 0 Å². The van der Waals surface area contributed by atoms with Crippen LogP contribution in [0.5, 0.6) is 0 Å². The van der Waals surface area contributed by atoms with Gasteiger partial charge in [-0.3, -0.25) is 29.2 Å². The van der Waals surface area contributed by atoms with Crippen molar-refractivity contribution >= 4 is 55.1 Å². The number of halogens is 12. The zero-order valence-corrected chi connectivity index (χ0v) is 53.9. The lowest BCUT2D eigenvalue weighted by Gasteiger charge is -2.31. The van der Waals surface area contributed by atoms with E-state index >= 15 is 8.78 Å². The van der Waals surface area contributed by atoms with Gasteiger partial charge in [0.05, 0.1) is 31.1 Å². The Morgan fingerprint density at radius 1 is 0.464 bits per heavy atom. The normalized spacial score (nSPS) is 14.5. The third-order valence-electron chi connectivity index (χ3n) is 17.1. The molecule has 2 atom stereocenters. The smallest absolute Gasteiger partial charge is 0.274 e. The highest BCUT2D eigenvalue weighted by Gasteiger charge is 2.43. The fourth-order valence-corrected chi connectivity index (χ4v) is 14.1. The van der Waals surface area contributed by atoms with Crippen molar-refractivity contribution in [1.82, 2.24) is 19.6 Å². The zero-order chi connectivity index (χ0) is 71.0. The quantitative estimate of drug-likeness (QED) is 0.0204. The van der Waals surface area contributed by atoms with Gasteiger partial charge >= 0.3 is 0 Å². The average molecular weight is 1410 g/mol. The molecule has 3 N–H and O–H groups in total. The molecule has 9 rings (SSSR count). The predicted octanol–water partition coefficient (Wildman–Crippen LogP) is 13.6. The monoisotopic (exact) mass is 1400 g/mol. The summed E-state index contributed by atoms with van der Waals surface area (Å²) < 4.78 is 225. The summed E-state index contributed by atoms with van der Waals surface area (Å²) in [5.74, 6) is -31.1. The number of nitrogens with one attached hydrogen (secondary N) is 2. The lowest BCUT2D eigenvalue weighted by molar-refractivity contribution is -0.122. The molecule has 0 radical (unpaired) electrons. The minimum absolute atomic E-state index is 0.0221. The molecule has 97 heavy (non-hydrogen) atoms. The van der Waals surface area contributed by atoms with Crippen LogP contribution in [0.2, 0.25) is 0 Å². The molecule has 518 valence electrons. The number of likely N-dealkylation sites (N-methyl/N-ethyl adjacent to an activating group) is 2. The molecule has 2 aliphatic carbocycles. The molecule has 2 aliphatic rings. The first kappa shape index (κ1) is 74.1. The van der Waals surface area contributed by atoms with E-state index in [0.717, 1.165) is 129 Å². The van der Waals surface area contributed by atoms with Crippen LogP contribution in [0, 0.1) is 69.8 Å². The Balaban J connectivity index is 0.000000250. The van der Waals surface area contributed by atoms with Crippen molar-refractivity contribution in [3.05, 3.63) is 224 Å². The highest BCUT2D eigenvalue weighted by molar-refractivity contribution is 7.89. The number of rotatable bonds is 21. The third kappa shape index (κ3) is 16.3. The van der Waals surface area contributed by atoms with Gasteiger partial charge in [-0.15, -0.1) is 0 Å². The van der Waals surface area contributed by atoms with Crippen molar-refractivity contribution in [3.8, 4) is 0 Å². The van der Waals surface area contributed by atoms with E-state index in [1.54, 1.807) is 54.6 Å². The second-order valence-electron chi connectivity index (χ2n) is 23.2. The summed E-state index contributed by atoms with van der Waals surface area (Å²) in [5, 5.41) is 8.88. The van der Waals surface area contributed by atoms with E-state index in [1.807, 2.05) is 24.3 Å². The zero-order valence-electron chi connectivity index (χ0n) is 52.2. The maximum absolute atomic E-state index is 15.8. The first-order valence-electron chi connectivity index (χ1n) is 30.2. The molecule has 0 saturated heterocycles. The van der Waals surface area contributed by atoms with Crippen LogP contribution in [0.3, 0.4) is 0 Å². The van der Waals surface area contributed by atoms with Gasteiger partial charge in [0.2, 0.25) is 43.5 Å². The number of benzene rings is 7. The van der Waals surface area contributed by atoms with Gasteiger partial charge in [-0.25, -0.2) is 80.5 Å². The van der Waals surface area contributed by atoms with Crippen LogP contribution < -0.4 is 20.8 Å². The molecule has 16 nitrogen and oxygen atoms in total. The van der Waals surface area contributed by atoms with Crippen molar-refractivity contribution in [2.75, 3.05) is 23.9 Å². The number of carbonyl (C=O) groups is 4. The molecule has 7 aromatic rings. The summed E-state index contributed by atoms with van der Waals surface area (Å²) in [6.45, 7) is 1.35. The minimum atomic E-state index is -5.54. The molecule has 2 fully saturated rings. The number of hydrogen-bond donors (Lipinski definition) is 3. The first-order chi connectivity index (χ1) is 45.9. The number of hydroxylamine groups is 2. The molecule has 30 heteroatoms. The molecular weight excluding hydrogens is 1340 g/mol. The van der Waals surface area contributed by atoms with E-state index in [2.05, 4.69) is 5.48 Å². The van der Waals surface area contributed by atoms with Crippen molar-refractivity contribution in [3.63, 3.8) is 0 Å². The Kier molecular flexibility index (Phi) is 24.2. The molecule has 2 saturated carbocycles. The van der Waals surface area contributed by atoms with Crippen LogP contribution in [0.4, 0.5) is 64.1 Å². The molecule has 4 amide bonds. The van der Waals surface area contributed by atoms with Gasteiger partial charge in [-0.05, 0) is 116 Å². The van der Waals surface area contributed by atoms with Crippen molar-refractivity contribution in [2.45, 2.75) is 131 Å². The topological polar surface area (TPSA) is 203 Å². The number of amides is 4. The van der Waals surface area contributed by atoms with Crippen LogP contribution in [0.25, 0.3) is 0 Å². The van der Waals surface area contributed by atoms with Crippen LogP contribution in [-0.2, 0) is 54.2 Å². The highest BCUT2D eigenvalue weighted by Crippen LogP contribution is 2.37. The van der Waals surface area contributed by atoms with E-state index in [-0.39, 0.29) is 39.4 Å². The first-order valence-corrected chi connectivity index (χ1v) is 33.1. The summed E-state index contributed by atoms with van der Waals surface area (Å²) in [6, 6.07) is 25.5. The number of sulfonamides is 2. The fraction of sp³-hybridized carbons (Fsp3) is 0.313. The maximum atomic E-state index is 15.8.